The molecule has 9 rings (SSSR count). The third-order valence-corrected chi connectivity index (χ3v) is 9.45. The molecule has 1 nitrogen and oxygen atoms in total. The molecule has 0 spiro atoms. The zero-order valence-electron chi connectivity index (χ0n) is 23.6. The van der Waals surface area contributed by atoms with Gasteiger partial charge in [0, 0.05) is 16.4 Å². The van der Waals surface area contributed by atoms with Crippen LogP contribution in [0.25, 0.3) is 66.1 Å². The topological polar surface area (TPSA) is 9.23 Å². The van der Waals surface area contributed by atoms with Gasteiger partial charge in [-0.15, -0.1) is 0 Å². The lowest BCUT2D eigenvalue weighted by Gasteiger charge is -2.24. The monoisotopic (exact) mass is 536 g/mol. The molecule has 0 saturated carbocycles. The van der Waals surface area contributed by atoms with Crippen LogP contribution in [0.3, 0.4) is 0 Å². The molecule has 0 fully saturated rings. The van der Waals surface area contributed by atoms with Crippen molar-refractivity contribution in [2.45, 2.75) is 19.3 Å². The van der Waals surface area contributed by atoms with Gasteiger partial charge in [-0.2, -0.15) is 0 Å². The molecule has 7 aromatic carbocycles. The summed E-state index contributed by atoms with van der Waals surface area (Å²) < 4.78 is 6.52. The molecule has 1 heterocycles. The zero-order chi connectivity index (χ0) is 28.0. The summed E-state index contributed by atoms with van der Waals surface area (Å²) in [6, 6.07) is 48.7. The number of fused-ring (bicyclic) bond motifs is 6. The highest BCUT2D eigenvalue weighted by atomic mass is 16.5. The van der Waals surface area contributed by atoms with E-state index < -0.39 is 0 Å². The summed E-state index contributed by atoms with van der Waals surface area (Å²) in [6.45, 7) is 4.72. The molecule has 0 saturated heterocycles. The van der Waals surface area contributed by atoms with E-state index in [1.165, 1.54) is 71.6 Å². The molecule has 0 unspecified atom stereocenters. The van der Waals surface area contributed by atoms with Crippen LogP contribution in [0, 0.1) is 0 Å². The van der Waals surface area contributed by atoms with Crippen molar-refractivity contribution in [2.75, 3.05) is 0 Å². The van der Waals surface area contributed by atoms with E-state index in [4.69, 9.17) is 4.74 Å². The Balaban J connectivity index is 1.18. The van der Waals surface area contributed by atoms with Gasteiger partial charge in [0.15, 0.2) is 0 Å². The fourth-order valence-electron chi connectivity index (χ4n) is 7.28. The van der Waals surface area contributed by atoms with Gasteiger partial charge in [-0.3, -0.25) is 0 Å². The molecule has 42 heavy (non-hydrogen) atoms. The third-order valence-electron chi connectivity index (χ3n) is 9.45. The zero-order valence-corrected chi connectivity index (χ0v) is 23.6. The van der Waals surface area contributed by atoms with E-state index in [1.807, 2.05) is 0 Å². The van der Waals surface area contributed by atoms with Crippen LogP contribution in [0.2, 0.25) is 0 Å². The molecular formula is C41H28O. The first-order valence-electron chi connectivity index (χ1n) is 14.7. The summed E-state index contributed by atoms with van der Waals surface area (Å²) in [5, 5.41) is 5.00. The van der Waals surface area contributed by atoms with Crippen molar-refractivity contribution in [1.82, 2.24) is 0 Å². The first-order chi connectivity index (χ1) is 20.6. The molecule has 0 atom stereocenters. The number of rotatable bonds is 2. The maximum atomic E-state index is 6.52. The molecule has 1 aliphatic carbocycles. The summed E-state index contributed by atoms with van der Waals surface area (Å²) in [7, 11) is 0. The van der Waals surface area contributed by atoms with Crippen LogP contribution < -0.4 is 4.74 Å². The molecule has 7 aromatic rings. The van der Waals surface area contributed by atoms with Crippen LogP contribution in [0.1, 0.15) is 25.0 Å². The maximum Gasteiger partial charge on any atom is 0.135 e. The molecule has 0 aromatic heterocycles. The second kappa shape index (κ2) is 8.44. The van der Waals surface area contributed by atoms with Crippen LogP contribution in [0.5, 0.6) is 11.5 Å². The lowest BCUT2D eigenvalue weighted by atomic mass is 9.81. The number of benzene rings is 7. The first kappa shape index (κ1) is 23.6. The molecule has 1 heteroatoms. The van der Waals surface area contributed by atoms with Gasteiger partial charge >= 0.3 is 0 Å². The Hall–Kier alpha value is -5.14. The van der Waals surface area contributed by atoms with Crippen LogP contribution >= 0.6 is 0 Å². The average Bonchev–Trinajstić information content (AvgIpc) is 3.25. The van der Waals surface area contributed by atoms with Crippen molar-refractivity contribution in [1.29, 1.82) is 0 Å². The third kappa shape index (κ3) is 3.25. The highest BCUT2D eigenvalue weighted by molar-refractivity contribution is 6.10. The van der Waals surface area contributed by atoms with Crippen LogP contribution in [-0.4, -0.2) is 0 Å². The Morgan fingerprint density at radius 2 is 1.12 bits per heavy atom. The Bertz CT molecular complexity index is 2240. The molecular weight excluding hydrogens is 508 g/mol. The van der Waals surface area contributed by atoms with Gasteiger partial charge in [0.2, 0.25) is 0 Å². The van der Waals surface area contributed by atoms with Gasteiger partial charge < -0.3 is 4.74 Å². The largest absolute Gasteiger partial charge is 0.456 e. The van der Waals surface area contributed by atoms with E-state index in [0.717, 1.165) is 17.1 Å². The van der Waals surface area contributed by atoms with Crippen molar-refractivity contribution in [2.24, 2.45) is 0 Å². The predicted octanol–water partition coefficient (Wildman–Crippen LogP) is 11.4. The maximum absolute atomic E-state index is 6.52. The Labute approximate surface area is 245 Å². The summed E-state index contributed by atoms with van der Waals surface area (Å²) in [6.07, 6.45) is 0. The van der Waals surface area contributed by atoms with E-state index >= 15 is 0 Å². The van der Waals surface area contributed by atoms with Crippen molar-refractivity contribution >= 4 is 21.5 Å². The summed E-state index contributed by atoms with van der Waals surface area (Å²) in [5.41, 5.74) is 12.7. The van der Waals surface area contributed by atoms with Crippen molar-refractivity contribution < 1.29 is 4.74 Å². The molecule has 198 valence electrons. The van der Waals surface area contributed by atoms with Gasteiger partial charge in [0.05, 0.1) is 0 Å². The van der Waals surface area contributed by atoms with Crippen LogP contribution in [-0.2, 0) is 5.41 Å². The van der Waals surface area contributed by atoms with E-state index in [2.05, 4.69) is 147 Å². The van der Waals surface area contributed by atoms with Gasteiger partial charge in [0.1, 0.15) is 11.5 Å². The van der Waals surface area contributed by atoms with Gasteiger partial charge in [-0.05, 0) is 103 Å². The molecule has 1 aliphatic heterocycles. The Morgan fingerprint density at radius 1 is 0.429 bits per heavy atom. The second-order valence-corrected chi connectivity index (χ2v) is 12.1. The molecule has 0 N–H and O–H groups in total. The number of hydrogen-bond donors (Lipinski definition) is 0. The predicted molar refractivity (Wildman–Crippen MR) is 175 cm³/mol. The van der Waals surface area contributed by atoms with E-state index in [-0.39, 0.29) is 5.41 Å². The molecule has 2 aliphatic rings. The SMILES string of the molecule is CC1(C)c2cc(-c3ccc4c(c3)-c3cccc5c(-c6ccccc6)ccc(c35)O4)ccc2-c2cc3ccccc3cc21. The van der Waals surface area contributed by atoms with Crippen LogP contribution in [0.15, 0.2) is 133 Å². The van der Waals surface area contributed by atoms with E-state index in [0.29, 0.717) is 0 Å². The smallest absolute Gasteiger partial charge is 0.135 e. The van der Waals surface area contributed by atoms with Crippen LogP contribution in [0.4, 0.5) is 0 Å². The highest BCUT2D eigenvalue weighted by Gasteiger charge is 2.36. The summed E-state index contributed by atoms with van der Waals surface area (Å²) in [4.78, 5) is 0. The number of ether oxygens (including phenoxy) is 1. The molecule has 0 amide bonds. The lowest BCUT2D eigenvalue weighted by molar-refractivity contribution is 0.487. The minimum atomic E-state index is -0.0690. The van der Waals surface area contributed by atoms with Gasteiger partial charge in [-0.1, -0.05) is 111 Å². The van der Waals surface area contributed by atoms with Gasteiger partial charge in [0.25, 0.3) is 0 Å². The second-order valence-electron chi connectivity index (χ2n) is 12.1. The minimum Gasteiger partial charge on any atom is -0.456 e. The lowest BCUT2D eigenvalue weighted by Crippen LogP contribution is -2.15. The minimum absolute atomic E-state index is 0.0690. The summed E-state index contributed by atoms with van der Waals surface area (Å²) in [5.74, 6) is 1.83. The van der Waals surface area contributed by atoms with Crippen molar-refractivity contribution in [3.63, 3.8) is 0 Å². The van der Waals surface area contributed by atoms with Crippen molar-refractivity contribution in [3.8, 4) is 56.0 Å². The first-order valence-corrected chi connectivity index (χ1v) is 14.7. The highest BCUT2D eigenvalue weighted by Crippen LogP contribution is 2.52. The van der Waals surface area contributed by atoms with E-state index in [9.17, 15) is 0 Å². The van der Waals surface area contributed by atoms with Crippen molar-refractivity contribution in [3.05, 3.63) is 145 Å². The standard InChI is InChI=1S/C41H28O/c1-41(2)36-24-29(15-17-31(36)34-21-26-11-6-7-12-27(26)23-37(34)41)28-16-19-38-35(22-28)33-14-8-13-32-30(25-9-4-3-5-10-25)18-20-39(42-38)40(32)33/h3-24H,1-2H3. The van der Waals surface area contributed by atoms with E-state index in [1.54, 1.807) is 0 Å². The van der Waals surface area contributed by atoms with Gasteiger partial charge in [-0.25, -0.2) is 0 Å². The normalized spacial score (nSPS) is 13.9. The molecule has 0 bridgehead atoms. The Kier molecular flexibility index (Phi) is 4.73. The molecule has 0 radical (unpaired) electrons. The fourth-order valence-corrected chi connectivity index (χ4v) is 7.28. The quantitative estimate of drug-likeness (QED) is 0.213. The Morgan fingerprint density at radius 3 is 1.98 bits per heavy atom. The number of hydrogen-bond acceptors (Lipinski definition) is 1. The average molecular weight is 537 g/mol. The summed E-state index contributed by atoms with van der Waals surface area (Å²) >= 11 is 0. The fraction of sp³-hybridized carbons (Fsp3) is 0.0732.